The van der Waals surface area contributed by atoms with Gasteiger partial charge in [-0.1, -0.05) is 12.4 Å². The Morgan fingerprint density at radius 2 is 2.00 bits per heavy atom. The number of nitrogens with zero attached hydrogens (tertiary/aromatic N) is 5. The van der Waals surface area contributed by atoms with Gasteiger partial charge in [0, 0.05) is 51.3 Å². The van der Waals surface area contributed by atoms with Crippen LogP contribution in [0.1, 0.15) is 11.4 Å². The zero-order chi connectivity index (χ0) is 16.0. The summed E-state index contributed by atoms with van der Waals surface area (Å²) < 4.78 is 6.33. The molecule has 0 aliphatic carbocycles. The smallest absolute Gasteiger partial charge is 0.301 e. The number of pyridine rings is 2. The van der Waals surface area contributed by atoms with Crippen molar-refractivity contribution >= 4 is 5.78 Å². The average Bonchev–Trinajstić information content (AvgIpc) is 3.13. The van der Waals surface area contributed by atoms with Gasteiger partial charge in [0.1, 0.15) is 5.69 Å². The van der Waals surface area contributed by atoms with E-state index < -0.39 is 0 Å². The maximum Gasteiger partial charge on any atom is 0.301 e. The first-order valence-corrected chi connectivity index (χ1v) is 7.43. The zero-order valence-electron chi connectivity index (χ0n) is 13.9. The average molecular weight is 391 g/mol. The minimum Gasteiger partial charge on any atom is -0.371 e. The van der Waals surface area contributed by atoms with Crippen LogP contribution in [0.4, 0.5) is 0 Å². The van der Waals surface area contributed by atoms with Crippen LogP contribution in [0.15, 0.2) is 43.0 Å². The van der Waals surface area contributed by atoms with E-state index in [1.54, 1.807) is 6.20 Å². The number of aromatic nitrogens is 5. The molecule has 0 aliphatic rings. The summed E-state index contributed by atoms with van der Waals surface area (Å²) in [4.78, 5) is 8.65. The van der Waals surface area contributed by atoms with E-state index in [1.165, 1.54) is 5.69 Å². The van der Waals surface area contributed by atoms with Gasteiger partial charge >= 0.3 is 5.78 Å². The largest absolute Gasteiger partial charge is 0.371 e. The predicted octanol–water partition coefficient (Wildman–Crippen LogP) is 2.23. The van der Waals surface area contributed by atoms with Gasteiger partial charge in [0.2, 0.25) is 0 Å². The Morgan fingerprint density at radius 1 is 1.17 bits per heavy atom. The Hall–Kier alpha value is -1.85. The van der Waals surface area contributed by atoms with Crippen molar-refractivity contribution < 1.29 is 37.3 Å². The molecule has 117 valence electrons. The van der Waals surface area contributed by atoms with Gasteiger partial charge in [0.25, 0.3) is 0 Å². The van der Waals surface area contributed by atoms with Crippen LogP contribution >= 0.6 is 0 Å². The quantitative estimate of drug-likeness (QED) is 0.388. The molecule has 0 saturated heterocycles. The van der Waals surface area contributed by atoms with Crippen molar-refractivity contribution in [1.82, 2.24) is 18.9 Å². The molecule has 24 heavy (non-hydrogen) atoms. The minimum absolute atomic E-state index is 0. The van der Waals surface area contributed by atoms with Crippen molar-refractivity contribution in [2.75, 3.05) is 0 Å². The van der Waals surface area contributed by atoms with E-state index in [-0.39, 0.29) is 32.7 Å². The zero-order valence-corrected chi connectivity index (χ0v) is 16.7. The summed E-state index contributed by atoms with van der Waals surface area (Å²) in [6.45, 7) is 4.21. The Bertz CT molecular complexity index is 1000. The predicted molar refractivity (Wildman–Crippen MR) is 86.1 cm³/mol. The molecule has 4 aromatic rings. The van der Waals surface area contributed by atoms with Gasteiger partial charge in [0.15, 0.2) is 5.82 Å². The molecule has 5 nitrogen and oxygen atoms in total. The summed E-state index contributed by atoms with van der Waals surface area (Å²) in [7, 11) is 2.03. The standard InChI is InChI=1S/C18H16N5.Y/c1-13-14(2)23(18-20-9-11-22(13)18)17-16(7-5-10-21(17)3)15-6-4-8-19-12-15;/h4-6,8-11H,1-3H3;/q-1;. The number of fused-ring (bicyclic) bond motifs is 1. The third-order valence-electron chi connectivity index (χ3n) is 4.21. The van der Waals surface area contributed by atoms with Crippen molar-refractivity contribution in [1.29, 1.82) is 0 Å². The van der Waals surface area contributed by atoms with E-state index in [1.807, 2.05) is 43.8 Å². The Balaban J connectivity index is 0.00000169. The second kappa shape index (κ2) is 6.57. The molecular formula is C18H16N5Y-. The molecule has 0 unspecified atom stereocenters. The van der Waals surface area contributed by atoms with Gasteiger partial charge < -0.3 is 9.55 Å². The molecular weight excluding hydrogens is 375 g/mol. The molecule has 0 saturated carbocycles. The third-order valence-corrected chi connectivity index (χ3v) is 4.21. The van der Waals surface area contributed by atoms with Gasteiger partial charge in [0.05, 0.1) is 12.7 Å². The second-order valence-corrected chi connectivity index (χ2v) is 5.54. The van der Waals surface area contributed by atoms with Crippen molar-refractivity contribution in [3.05, 3.63) is 66.6 Å². The normalized spacial score (nSPS) is 10.8. The molecule has 4 rings (SSSR count). The van der Waals surface area contributed by atoms with E-state index in [2.05, 4.69) is 49.6 Å². The molecule has 6 heteroatoms. The molecule has 0 aliphatic heterocycles. The molecule has 0 bridgehead atoms. The van der Waals surface area contributed by atoms with Crippen LogP contribution < -0.4 is 4.57 Å². The van der Waals surface area contributed by atoms with Gasteiger partial charge in [-0.3, -0.25) is 4.40 Å². The molecule has 4 aromatic heterocycles. The monoisotopic (exact) mass is 391 g/mol. The van der Waals surface area contributed by atoms with E-state index in [4.69, 9.17) is 0 Å². The van der Waals surface area contributed by atoms with Crippen LogP contribution in [-0.2, 0) is 39.8 Å². The van der Waals surface area contributed by atoms with Crippen molar-refractivity contribution in [3.8, 4) is 16.9 Å². The fraction of sp³-hybridized carbons (Fsp3) is 0.167. The summed E-state index contributed by atoms with van der Waals surface area (Å²) in [6, 6.07) is 9.16. The van der Waals surface area contributed by atoms with Crippen molar-refractivity contribution in [2.24, 2.45) is 7.05 Å². The van der Waals surface area contributed by atoms with Crippen LogP contribution in [0.2, 0.25) is 0 Å². The Morgan fingerprint density at radius 3 is 2.75 bits per heavy atom. The first-order valence-electron chi connectivity index (χ1n) is 7.43. The fourth-order valence-corrected chi connectivity index (χ4v) is 2.94. The van der Waals surface area contributed by atoms with Crippen LogP contribution in [0, 0.1) is 26.1 Å². The maximum absolute atomic E-state index is 4.53. The van der Waals surface area contributed by atoms with Gasteiger partial charge in [-0.25, -0.2) is 4.57 Å². The van der Waals surface area contributed by atoms with Gasteiger partial charge in [-0.2, -0.15) is 22.7 Å². The minimum atomic E-state index is 0. The summed E-state index contributed by atoms with van der Waals surface area (Å²) in [6.07, 6.45) is 10.6. The molecule has 0 N–H and O–H groups in total. The second-order valence-electron chi connectivity index (χ2n) is 5.54. The van der Waals surface area contributed by atoms with Crippen LogP contribution in [0.3, 0.4) is 0 Å². The Labute approximate surface area is 165 Å². The van der Waals surface area contributed by atoms with E-state index in [0.717, 1.165) is 28.4 Å². The van der Waals surface area contributed by atoms with E-state index in [9.17, 15) is 0 Å². The molecule has 1 radical (unpaired) electrons. The third kappa shape index (κ3) is 2.52. The summed E-state index contributed by atoms with van der Waals surface area (Å²) in [5.74, 6) is 1.89. The molecule has 0 spiro atoms. The van der Waals surface area contributed by atoms with E-state index in [0.29, 0.717) is 0 Å². The summed E-state index contributed by atoms with van der Waals surface area (Å²) >= 11 is 0. The summed E-state index contributed by atoms with van der Waals surface area (Å²) in [5.41, 5.74) is 4.18. The first kappa shape index (κ1) is 17.0. The SMILES string of the molecule is Cc1c(C)n2ccnc2n1-c1c(-c2[c-]nccc2)[c-]cc[n+]1C.[Y]. The molecule has 0 amide bonds. The van der Waals surface area contributed by atoms with Crippen LogP contribution in [-0.4, -0.2) is 18.9 Å². The molecule has 4 heterocycles. The molecule has 0 atom stereocenters. The molecule has 0 aromatic carbocycles. The number of aryl methyl sites for hydroxylation is 2. The van der Waals surface area contributed by atoms with Crippen molar-refractivity contribution in [3.63, 3.8) is 0 Å². The number of hydrogen-bond donors (Lipinski definition) is 0. The van der Waals surface area contributed by atoms with Gasteiger partial charge in [-0.15, -0.1) is 17.7 Å². The van der Waals surface area contributed by atoms with Crippen LogP contribution in [0.25, 0.3) is 22.7 Å². The Kier molecular flexibility index (Phi) is 4.65. The van der Waals surface area contributed by atoms with Gasteiger partial charge in [-0.05, 0) is 13.8 Å². The van der Waals surface area contributed by atoms with Crippen LogP contribution in [0.5, 0.6) is 0 Å². The topological polar surface area (TPSA) is 39.0 Å². The first-order chi connectivity index (χ1) is 11.2. The van der Waals surface area contributed by atoms with Crippen molar-refractivity contribution in [2.45, 2.75) is 13.8 Å². The maximum atomic E-state index is 4.53. The number of hydrogen-bond acceptors (Lipinski definition) is 2. The summed E-state index contributed by atoms with van der Waals surface area (Å²) in [5, 5.41) is 0. The number of rotatable bonds is 2. The fourth-order valence-electron chi connectivity index (χ4n) is 2.94. The molecule has 0 fully saturated rings. The number of imidazole rings is 2. The van der Waals surface area contributed by atoms with E-state index >= 15 is 0 Å².